The van der Waals surface area contributed by atoms with Gasteiger partial charge in [0.05, 0.1) is 0 Å². The van der Waals surface area contributed by atoms with Gasteiger partial charge in [0, 0.05) is 38.4 Å². The average molecular weight is 265 g/mol. The van der Waals surface area contributed by atoms with E-state index in [-0.39, 0.29) is 16.9 Å². The Hall–Kier alpha value is -1.76. The van der Waals surface area contributed by atoms with Crippen LogP contribution in [0.4, 0.5) is 5.82 Å². The summed E-state index contributed by atoms with van der Waals surface area (Å²) in [5, 5.41) is 2.90. The van der Waals surface area contributed by atoms with Gasteiger partial charge in [-0.3, -0.25) is 4.79 Å². The van der Waals surface area contributed by atoms with Crippen LogP contribution in [-0.2, 0) is 4.79 Å². The Bertz CT molecular complexity index is 478. The van der Waals surface area contributed by atoms with Crippen molar-refractivity contribution >= 4 is 28.9 Å². The maximum Gasteiger partial charge on any atom is 0.217 e. The Morgan fingerprint density at radius 1 is 1.56 bits per heavy atom. The van der Waals surface area contributed by atoms with Gasteiger partial charge in [0.2, 0.25) is 5.91 Å². The van der Waals surface area contributed by atoms with Crippen molar-refractivity contribution in [3.05, 3.63) is 18.1 Å². The molecule has 1 aromatic heterocycles. The molecule has 0 spiro atoms. The van der Waals surface area contributed by atoms with Crippen LogP contribution in [0, 0.1) is 0 Å². The number of hydrogen-bond donors (Lipinski definition) is 2. The van der Waals surface area contributed by atoms with Crippen molar-refractivity contribution in [3.8, 4) is 0 Å². The van der Waals surface area contributed by atoms with Gasteiger partial charge < -0.3 is 16.0 Å². The zero-order valence-electron chi connectivity index (χ0n) is 10.1. The number of anilines is 1. The summed E-state index contributed by atoms with van der Waals surface area (Å²) >= 11 is 4.96. The van der Waals surface area contributed by atoms with E-state index in [1.165, 1.54) is 6.92 Å². The zero-order chi connectivity index (χ0) is 13.1. The number of nitrogens with two attached hydrogens (primary N) is 1. The van der Waals surface area contributed by atoms with E-state index >= 15 is 0 Å². The summed E-state index contributed by atoms with van der Waals surface area (Å²) in [7, 11) is 0. The molecule has 6 nitrogen and oxygen atoms in total. The molecular formula is C11H15N5OS. The van der Waals surface area contributed by atoms with Gasteiger partial charge in [0.15, 0.2) is 5.82 Å². The van der Waals surface area contributed by atoms with Crippen molar-refractivity contribution in [2.24, 2.45) is 5.73 Å². The van der Waals surface area contributed by atoms with Crippen LogP contribution in [0.25, 0.3) is 0 Å². The third-order valence-electron chi connectivity index (χ3n) is 2.81. The van der Waals surface area contributed by atoms with Crippen LogP contribution in [-0.4, -0.2) is 40.0 Å². The van der Waals surface area contributed by atoms with Crippen molar-refractivity contribution in [2.75, 3.05) is 18.0 Å². The fraction of sp³-hybridized carbons (Fsp3) is 0.455. The minimum absolute atomic E-state index is 0.0180. The zero-order valence-corrected chi connectivity index (χ0v) is 10.9. The topological polar surface area (TPSA) is 84.1 Å². The van der Waals surface area contributed by atoms with E-state index in [0.717, 1.165) is 13.0 Å². The third-order valence-corrected chi connectivity index (χ3v) is 3.00. The normalized spacial score (nSPS) is 18.7. The lowest BCUT2D eigenvalue weighted by molar-refractivity contribution is -0.119. The number of nitrogens with one attached hydrogen (secondary N) is 1. The van der Waals surface area contributed by atoms with E-state index in [4.69, 9.17) is 18.0 Å². The molecule has 18 heavy (non-hydrogen) atoms. The highest BCUT2D eigenvalue weighted by atomic mass is 32.1. The Balaban J connectivity index is 2.14. The molecule has 2 heterocycles. The molecule has 96 valence electrons. The number of nitrogens with zero attached hydrogens (tertiary/aromatic N) is 3. The largest absolute Gasteiger partial charge is 0.388 e. The summed E-state index contributed by atoms with van der Waals surface area (Å²) in [5.74, 6) is 0.674. The van der Waals surface area contributed by atoms with E-state index in [9.17, 15) is 4.79 Å². The first-order valence-electron chi connectivity index (χ1n) is 5.71. The second kappa shape index (κ2) is 5.26. The van der Waals surface area contributed by atoms with Crippen LogP contribution in [0.1, 0.15) is 19.0 Å². The molecular weight excluding hydrogens is 250 g/mol. The first-order valence-corrected chi connectivity index (χ1v) is 6.11. The van der Waals surface area contributed by atoms with Crippen LogP contribution in [0.15, 0.2) is 12.4 Å². The van der Waals surface area contributed by atoms with Crippen LogP contribution in [0.2, 0.25) is 0 Å². The quantitative estimate of drug-likeness (QED) is 0.738. The summed E-state index contributed by atoms with van der Waals surface area (Å²) in [6.45, 7) is 3.03. The molecule has 1 aromatic rings. The summed E-state index contributed by atoms with van der Waals surface area (Å²) in [6, 6.07) is 0.142. The summed E-state index contributed by atoms with van der Waals surface area (Å²) in [5.41, 5.74) is 6.17. The van der Waals surface area contributed by atoms with Gasteiger partial charge in [-0.15, -0.1) is 0 Å². The molecule has 0 aliphatic carbocycles. The van der Waals surface area contributed by atoms with Crippen LogP contribution in [0.5, 0.6) is 0 Å². The molecule has 1 unspecified atom stereocenters. The van der Waals surface area contributed by atoms with E-state index in [1.54, 1.807) is 12.4 Å². The third kappa shape index (κ3) is 2.73. The van der Waals surface area contributed by atoms with Crippen molar-refractivity contribution in [3.63, 3.8) is 0 Å². The number of rotatable bonds is 3. The fourth-order valence-electron chi connectivity index (χ4n) is 2.09. The van der Waals surface area contributed by atoms with Gasteiger partial charge in [0.25, 0.3) is 0 Å². The highest BCUT2D eigenvalue weighted by Gasteiger charge is 2.26. The molecule has 1 fully saturated rings. The van der Waals surface area contributed by atoms with Gasteiger partial charge in [-0.05, 0) is 6.42 Å². The van der Waals surface area contributed by atoms with Gasteiger partial charge in [0.1, 0.15) is 10.7 Å². The SMILES string of the molecule is CC(=O)NC1CCN(c2nccnc2C(N)=S)C1. The van der Waals surface area contributed by atoms with Crippen LogP contribution in [0.3, 0.4) is 0 Å². The number of carbonyl (C=O) groups excluding carboxylic acids is 1. The maximum atomic E-state index is 11.0. The van der Waals surface area contributed by atoms with Crippen molar-refractivity contribution in [1.82, 2.24) is 15.3 Å². The lowest BCUT2D eigenvalue weighted by Gasteiger charge is -2.19. The number of carbonyl (C=O) groups is 1. The second-order valence-corrected chi connectivity index (χ2v) is 4.66. The Labute approximate surface area is 111 Å². The fourth-order valence-corrected chi connectivity index (χ4v) is 2.24. The molecule has 0 radical (unpaired) electrons. The summed E-state index contributed by atoms with van der Waals surface area (Å²) < 4.78 is 0. The number of hydrogen-bond acceptors (Lipinski definition) is 5. The summed E-state index contributed by atoms with van der Waals surface area (Å²) in [4.78, 5) is 21.7. The van der Waals surface area contributed by atoms with Crippen molar-refractivity contribution in [2.45, 2.75) is 19.4 Å². The first-order chi connectivity index (χ1) is 8.58. The molecule has 1 aliphatic heterocycles. The standard InChI is InChI=1S/C11H15N5OS/c1-7(17)15-8-2-5-16(6-8)11-9(10(12)18)13-3-4-14-11/h3-4,8H,2,5-6H2,1H3,(H2,12,18)(H,15,17). The van der Waals surface area contributed by atoms with Crippen LogP contribution >= 0.6 is 12.2 Å². The Morgan fingerprint density at radius 3 is 2.94 bits per heavy atom. The maximum absolute atomic E-state index is 11.0. The first kappa shape index (κ1) is 12.7. The Kier molecular flexibility index (Phi) is 3.71. The molecule has 1 saturated heterocycles. The molecule has 3 N–H and O–H groups in total. The molecule has 1 aliphatic rings. The summed E-state index contributed by atoms with van der Waals surface area (Å²) in [6.07, 6.45) is 4.06. The van der Waals surface area contributed by atoms with Crippen molar-refractivity contribution in [1.29, 1.82) is 0 Å². The minimum Gasteiger partial charge on any atom is -0.388 e. The molecule has 0 saturated carbocycles. The molecule has 0 bridgehead atoms. The van der Waals surface area contributed by atoms with E-state index in [1.807, 2.05) is 4.90 Å². The number of thiocarbonyl (C=S) groups is 1. The lowest BCUT2D eigenvalue weighted by atomic mass is 10.2. The monoisotopic (exact) mass is 265 g/mol. The molecule has 0 aromatic carbocycles. The van der Waals surface area contributed by atoms with Gasteiger partial charge in [-0.25, -0.2) is 9.97 Å². The molecule has 1 amide bonds. The highest BCUT2D eigenvalue weighted by molar-refractivity contribution is 7.80. The average Bonchev–Trinajstić information content (AvgIpc) is 2.76. The van der Waals surface area contributed by atoms with E-state index in [0.29, 0.717) is 18.1 Å². The second-order valence-electron chi connectivity index (χ2n) is 4.22. The van der Waals surface area contributed by atoms with Crippen molar-refractivity contribution < 1.29 is 4.79 Å². The highest BCUT2D eigenvalue weighted by Crippen LogP contribution is 2.20. The Morgan fingerprint density at radius 2 is 2.28 bits per heavy atom. The van der Waals surface area contributed by atoms with Gasteiger partial charge >= 0.3 is 0 Å². The number of aromatic nitrogens is 2. The van der Waals surface area contributed by atoms with E-state index < -0.39 is 0 Å². The lowest BCUT2D eigenvalue weighted by Crippen LogP contribution is -2.36. The predicted octanol–water partition coefficient (Wildman–Crippen LogP) is -0.174. The smallest absolute Gasteiger partial charge is 0.217 e. The number of amides is 1. The molecule has 7 heteroatoms. The molecule has 1 atom stereocenters. The van der Waals surface area contributed by atoms with Crippen LogP contribution < -0.4 is 16.0 Å². The minimum atomic E-state index is -0.0180. The predicted molar refractivity (Wildman–Crippen MR) is 72.4 cm³/mol. The van der Waals surface area contributed by atoms with E-state index in [2.05, 4.69) is 15.3 Å². The van der Waals surface area contributed by atoms with Gasteiger partial charge in [-0.2, -0.15) is 0 Å². The van der Waals surface area contributed by atoms with Gasteiger partial charge in [-0.1, -0.05) is 12.2 Å². The molecule has 2 rings (SSSR count).